The Labute approximate surface area is 182 Å². The Hall–Kier alpha value is -2.87. The number of benzene rings is 1. The van der Waals surface area contributed by atoms with Crippen molar-refractivity contribution in [3.05, 3.63) is 46.3 Å². The monoisotopic (exact) mass is 426 g/mol. The van der Waals surface area contributed by atoms with Crippen LogP contribution in [0.4, 0.5) is 5.69 Å². The molecule has 1 aromatic carbocycles. The van der Waals surface area contributed by atoms with Crippen LogP contribution in [0.15, 0.2) is 18.2 Å². The highest BCUT2D eigenvalue weighted by Gasteiger charge is 2.33. The van der Waals surface area contributed by atoms with Crippen LogP contribution >= 0.6 is 0 Å². The fourth-order valence-electron chi connectivity index (χ4n) is 4.51. The van der Waals surface area contributed by atoms with E-state index >= 15 is 0 Å². The van der Waals surface area contributed by atoms with Gasteiger partial charge in [-0.25, -0.2) is 4.79 Å². The van der Waals surface area contributed by atoms with Crippen LogP contribution in [0.3, 0.4) is 0 Å². The van der Waals surface area contributed by atoms with Crippen molar-refractivity contribution in [3.63, 3.8) is 0 Å². The first-order valence-electron chi connectivity index (χ1n) is 10.9. The average molecular weight is 427 g/mol. The van der Waals surface area contributed by atoms with E-state index in [0.29, 0.717) is 31.5 Å². The summed E-state index contributed by atoms with van der Waals surface area (Å²) in [5, 5.41) is 14.4. The number of hydrogen-bond donors (Lipinski definition) is 1. The third kappa shape index (κ3) is 4.17. The van der Waals surface area contributed by atoms with E-state index in [-0.39, 0.29) is 24.8 Å². The molecule has 1 atom stereocenters. The summed E-state index contributed by atoms with van der Waals surface area (Å²) in [7, 11) is 0. The Morgan fingerprint density at radius 1 is 1.16 bits per heavy atom. The number of rotatable bonds is 5. The first kappa shape index (κ1) is 21.4. The van der Waals surface area contributed by atoms with Crippen molar-refractivity contribution in [3.8, 4) is 0 Å². The molecule has 1 fully saturated rings. The minimum absolute atomic E-state index is 0.0253. The Balaban J connectivity index is 1.43. The number of aryl methyl sites for hydroxylation is 1. The molecule has 1 saturated heterocycles. The van der Waals surface area contributed by atoms with Crippen molar-refractivity contribution in [1.29, 1.82) is 0 Å². The lowest BCUT2D eigenvalue weighted by atomic mass is 10.1. The van der Waals surface area contributed by atoms with Gasteiger partial charge in [0.05, 0.1) is 12.7 Å². The van der Waals surface area contributed by atoms with Crippen molar-refractivity contribution in [2.45, 2.75) is 46.3 Å². The number of nitrogens with zero attached hydrogens (tertiary/aromatic N) is 4. The lowest BCUT2D eigenvalue weighted by Gasteiger charge is -2.37. The Kier molecular flexibility index (Phi) is 6.00. The number of anilines is 1. The van der Waals surface area contributed by atoms with E-state index < -0.39 is 12.1 Å². The van der Waals surface area contributed by atoms with Gasteiger partial charge in [-0.05, 0) is 38.0 Å². The maximum Gasteiger partial charge on any atom is 0.359 e. The smallest absolute Gasteiger partial charge is 0.359 e. The molecule has 8 heteroatoms. The zero-order valence-electron chi connectivity index (χ0n) is 18.4. The van der Waals surface area contributed by atoms with E-state index in [4.69, 9.17) is 4.74 Å². The molecule has 166 valence electrons. The van der Waals surface area contributed by atoms with E-state index in [2.05, 4.69) is 42.0 Å². The molecule has 0 bridgehead atoms. The van der Waals surface area contributed by atoms with Crippen LogP contribution in [-0.2, 0) is 28.9 Å². The normalized spacial score (nSPS) is 18.3. The van der Waals surface area contributed by atoms with E-state index in [1.807, 2.05) is 4.90 Å². The van der Waals surface area contributed by atoms with Crippen LogP contribution in [0.25, 0.3) is 0 Å². The maximum absolute atomic E-state index is 13.0. The number of aliphatic hydroxyl groups excluding tert-OH is 1. The van der Waals surface area contributed by atoms with Crippen LogP contribution in [-0.4, -0.2) is 70.6 Å². The molecule has 31 heavy (non-hydrogen) atoms. The van der Waals surface area contributed by atoms with Gasteiger partial charge in [0.25, 0.3) is 0 Å². The van der Waals surface area contributed by atoms with Gasteiger partial charge < -0.3 is 19.6 Å². The summed E-state index contributed by atoms with van der Waals surface area (Å²) in [6.07, 6.45) is 0.213. The van der Waals surface area contributed by atoms with E-state index in [0.717, 1.165) is 18.8 Å². The van der Waals surface area contributed by atoms with Gasteiger partial charge in [0.2, 0.25) is 5.91 Å². The summed E-state index contributed by atoms with van der Waals surface area (Å²) < 4.78 is 6.68. The van der Waals surface area contributed by atoms with Crippen molar-refractivity contribution in [2.75, 3.05) is 37.7 Å². The van der Waals surface area contributed by atoms with Gasteiger partial charge in [-0.1, -0.05) is 12.1 Å². The van der Waals surface area contributed by atoms with Gasteiger partial charge in [0.1, 0.15) is 6.54 Å². The Bertz CT molecular complexity index is 992. The molecule has 1 aromatic heterocycles. The number of ether oxygens (including phenoxy) is 1. The highest BCUT2D eigenvalue weighted by atomic mass is 16.5. The molecule has 4 rings (SSSR count). The molecular formula is C23H30N4O4. The largest absolute Gasteiger partial charge is 0.461 e. The van der Waals surface area contributed by atoms with Gasteiger partial charge in [-0.15, -0.1) is 0 Å². The van der Waals surface area contributed by atoms with Crippen LogP contribution in [0.2, 0.25) is 0 Å². The molecule has 0 saturated carbocycles. The van der Waals surface area contributed by atoms with Crippen LogP contribution in [0.5, 0.6) is 0 Å². The van der Waals surface area contributed by atoms with Gasteiger partial charge in [0, 0.05) is 56.0 Å². The van der Waals surface area contributed by atoms with Crippen molar-refractivity contribution in [1.82, 2.24) is 14.7 Å². The van der Waals surface area contributed by atoms with Crippen LogP contribution in [0.1, 0.15) is 39.8 Å². The number of carbonyl (C=O) groups is 2. The number of fused-ring (bicyclic) bond motifs is 1. The maximum atomic E-state index is 13.0. The number of piperazine rings is 1. The van der Waals surface area contributed by atoms with Gasteiger partial charge in [-0.3, -0.25) is 9.48 Å². The molecule has 0 radical (unpaired) electrons. The molecule has 1 aliphatic heterocycles. The summed E-state index contributed by atoms with van der Waals surface area (Å²) in [6, 6.07) is 6.32. The molecule has 1 unspecified atom stereocenters. The lowest BCUT2D eigenvalue weighted by Crippen LogP contribution is -2.50. The Morgan fingerprint density at radius 3 is 2.61 bits per heavy atom. The van der Waals surface area contributed by atoms with E-state index in [1.54, 1.807) is 11.6 Å². The van der Waals surface area contributed by atoms with E-state index in [9.17, 15) is 14.7 Å². The number of hydrogen-bond acceptors (Lipinski definition) is 6. The predicted octanol–water partition coefficient (Wildman–Crippen LogP) is 1.48. The zero-order valence-corrected chi connectivity index (χ0v) is 18.4. The summed E-state index contributed by atoms with van der Waals surface area (Å²) in [6.45, 7) is 9.15. The molecule has 2 aliphatic rings. The molecular weight excluding hydrogens is 396 g/mol. The third-order valence-electron chi connectivity index (χ3n) is 6.34. The number of esters is 1. The van der Waals surface area contributed by atoms with Crippen LogP contribution in [0, 0.1) is 13.8 Å². The zero-order chi connectivity index (χ0) is 22.1. The Morgan fingerprint density at radius 2 is 1.90 bits per heavy atom. The molecule has 1 N–H and O–H groups in total. The van der Waals surface area contributed by atoms with Gasteiger partial charge in [-0.2, -0.15) is 5.10 Å². The number of aromatic nitrogens is 2. The molecule has 0 spiro atoms. The minimum Gasteiger partial charge on any atom is -0.461 e. The topological polar surface area (TPSA) is 87.9 Å². The second kappa shape index (κ2) is 8.70. The molecule has 2 aromatic rings. The lowest BCUT2D eigenvalue weighted by molar-refractivity contribution is -0.132. The highest BCUT2D eigenvalue weighted by Crippen LogP contribution is 2.27. The second-order valence-electron chi connectivity index (χ2n) is 8.30. The number of carbonyl (C=O) groups excluding carboxylic acids is 2. The fraction of sp³-hybridized carbons (Fsp3) is 0.522. The minimum atomic E-state index is -0.552. The second-order valence-corrected chi connectivity index (χ2v) is 8.30. The van der Waals surface area contributed by atoms with Crippen molar-refractivity contribution < 1.29 is 19.4 Å². The van der Waals surface area contributed by atoms with Crippen LogP contribution < -0.4 is 4.90 Å². The average Bonchev–Trinajstić information content (AvgIpc) is 3.28. The summed E-state index contributed by atoms with van der Waals surface area (Å²) in [5.74, 6) is -0.524. The fourth-order valence-corrected chi connectivity index (χ4v) is 4.51. The van der Waals surface area contributed by atoms with Gasteiger partial charge >= 0.3 is 5.97 Å². The van der Waals surface area contributed by atoms with Crippen molar-refractivity contribution in [2.24, 2.45) is 0 Å². The van der Waals surface area contributed by atoms with Gasteiger partial charge in [0.15, 0.2) is 5.69 Å². The summed E-state index contributed by atoms with van der Waals surface area (Å²) >= 11 is 0. The molecule has 1 amide bonds. The first-order valence-corrected chi connectivity index (χ1v) is 10.9. The van der Waals surface area contributed by atoms with Crippen molar-refractivity contribution >= 4 is 17.6 Å². The summed E-state index contributed by atoms with van der Waals surface area (Å²) in [5.41, 5.74) is 5.46. The molecule has 8 nitrogen and oxygen atoms in total. The quantitative estimate of drug-likeness (QED) is 0.729. The first-order chi connectivity index (χ1) is 14.9. The predicted molar refractivity (Wildman–Crippen MR) is 116 cm³/mol. The number of amides is 1. The summed E-state index contributed by atoms with van der Waals surface area (Å²) in [4.78, 5) is 29.4. The standard InChI is InChI=1S/C23H30N4O4/c1-4-31-23(30)22-18-12-17(28)13-20(18)27(24-22)14-21(29)26-10-8-25(9-11-26)19-7-5-6-15(2)16(19)3/h5-7,17,28H,4,8-14H2,1-3H3. The third-order valence-corrected chi connectivity index (χ3v) is 6.34. The molecule has 2 heterocycles. The highest BCUT2D eigenvalue weighted by molar-refractivity contribution is 5.89. The SMILES string of the molecule is CCOC(=O)c1nn(CC(=O)N2CCN(c3cccc(C)c3C)CC2)c2c1CC(O)C2. The number of aliphatic hydroxyl groups is 1. The van der Waals surface area contributed by atoms with E-state index in [1.165, 1.54) is 16.8 Å². The molecule has 1 aliphatic carbocycles.